The van der Waals surface area contributed by atoms with Gasteiger partial charge in [0, 0.05) is 11.1 Å². The molecule has 0 radical (unpaired) electrons. The van der Waals surface area contributed by atoms with Gasteiger partial charge in [-0.3, -0.25) is 4.79 Å². The number of rotatable bonds is 7. The van der Waals surface area contributed by atoms with Crippen LogP contribution in [0.2, 0.25) is 0 Å². The molecule has 0 spiro atoms. The summed E-state index contributed by atoms with van der Waals surface area (Å²) in [5.74, 6) is -0.0946. The van der Waals surface area contributed by atoms with Crippen molar-refractivity contribution in [3.8, 4) is 0 Å². The largest absolute Gasteiger partial charge is 0.347 e. The van der Waals surface area contributed by atoms with Gasteiger partial charge in [-0.2, -0.15) is 0 Å². The van der Waals surface area contributed by atoms with E-state index in [9.17, 15) is 4.79 Å². The third-order valence-electron chi connectivity index (χ3n) is 2.92. The molecule has 0 rings (SSSR count). The molecule has 0 saturated carbocycles. The minimum Gasteiger partial charge on any atom is -0.347 e. The number of carbonyl (C=O) groups is 1. The highest BCUT2D eigenvalue weighted by atomic mass is 16.1. The van der Waals surface area contributed by atoms with Crippen molar-refractivity contribution in [1.29, 1.82) is 0 Å². The summed E-state index contributed by atoms with van der Waals surface area (Å²) in [7, 11) is 1.95. The smallest absolute Gasteiger partial charge is 0.243 e. The molecule has 0 aliphatic carbocycles. The maximum absolute atomic E-state index is 11.4. The van der Waals surface area contributed by atoms with Gasteiger partial charge in [-0.1, -0.05) is 19.9 Å². The van der Waals surface area contributed by atoms with Crippen molar-refractivity contribution in [2.45, 2.75) is 58.0 Å². The van der Waals surface area contributed by atoms with Gasteiger partial charge in [-0.15, -0.1) is 0 Å². The molecule has 0 bridgehead atoms. The van der Waals surface area contributed by atoms with E-state index in [4.69, 9.17) is 0 Å². The number of hydrogen-bond acceptors (Lipinski definition) is 2. The Morgan fingerprint density at radius 3 is 2.31 bits per heavy atom. The van der Waals surface area contributed by atoms with Gasteiger partial charge in [0.1, 0.15) is 0 Å². The van der Waals surface area contributed by atoms with Crippen molar-refractivity contribution in [3.63, 3.8) is 0 Å². The van der Waals surface area contributed by atoms with Crippen LogP contribution >= 0.6 is 0 Å². The Morgan fingerprint density at radius 2 is 1.94 bits per heavy atom. The summed E-state index contributed by atoms with van der Waals surface area (Å²) in [5, 5.41) is 6.31. The first-order valence-electron chi connectivity index (χ1n) is 5.92. The fourth-order valence-corrected chi connectivity index (χ4v) is 2.16. The van der Waals surface area contributed by atoms with Crippen LogP contribution in [0.25, 0.3) is 0 Å². The predicted molar refractivity (Wildman–Crippen MR) is 69.4 cm³/mol. The van der Waals surface area contributed by atoms with E-state index in [-0.39, 0.29) is 17.0 Å². The molecule has 0 aromatic carbocycles. The summed E-state index contributed by atoms with van der Waals surface area (Å²) in [6.45, 7) is 12.0. The van der Waals surface area contributed by atoms with E-state index in [2.05, 4.69) is 44.9 Å². The van der Waals surface area contributed by atoms with Crippen LogP contribution < -0.4 is 10.6 Å². The first-order valence-corrected chi connectivity index (χ1v) is 5.92. The van der Waals surface area contributed by atoms with E-state index in [1.54, 1.807) is 0 Å². The SMILES string of the molecule is C=CC(=O)NC(C)(CCC)CC(C)(C)NC. The Kier molecular flexibility index (Phi) is 5.73. The van der Waals surface area contributed by atoms with Gasteiger partial charge in [0.05, 0.1) is 0 Å². The number of hydrogen-bond donors (Lipinski definition) is 2. The maximum Gasteiger partial charge on any atom is 0.243 e. The highest BCUT2D eigenvalue weighted by molar-refractivity contribution is 5.87. The van der Waals surface area contributed by atoms with Crippen LogP contribution in [0.15, 0.2) is 12.7 Å². The molecule has 0 heterocycles. The van der Waals surface area contributed by atoms with Gasteiger partial charge in [0.2, 0.25) is 5.91 Å². The maximum atomic E-state index is 11.4. The quantitative estimate of drug-likeness (QED) is 0.654. The second-order valence-electron chi connectivity index (χ2n) is 5.31. The van der Waals surface area contributed by atoms with E-state index in [0.717, 1.165) is 19.3 Å². The van der Waals surface area contributed by atoms with Crippen LogP contribution in [0.5, 0.6) is 0 Å². The Labute approximate surface area is 99.7 Å². The summed E-state index contributed by atoms with van der Waals surface area (Å²) >= 11 is 0. The Balaban J connectivity index is 4.67. The summed E-state index contributed by atoms with van der Waals surface area (Å²) in [6, 6.07) is 0. The van der Waals surface area contributed by atoms with Gasteiger partial charge in [0.15, 0.2) is 0 Å². The van der Waals surface area contributed by atoms with Crippen molar-refractivity contribution >= 4 is 5.91 Å². The van der Waals surface area contributed by atoms with Crippen LogP contribution in [0.3, 0.4) is 0 Å². The molecule has 1 amide bonds. The van der Waals surface area contributed by atoms with Gasteiger partial charge < -0.3 is 10.6 Å². The zero-order valence-corrected chi connectivity index (χ0v) is 11.3. The molecule has 3 heteroatoms. The number of amides is 1. The third-order valence-corrected chi connectivity index (χ3v) is 2.92. The van der Waals surface area contributed by atoms with E-state index < -0.39 is 0 Å². The van der Waals surface area contributed by atoms with E-state index >= 15 is 0 Å². The Bertz CT molecular complexity index is 248. The lowest BCUT2D eigenvalue weighted by Gasteiger charge is -2.38. The topological polar surface area (TPSA) is 41.1 Å². The second-order valence-corrected chi connectivity index (χ2v) is 5.31. The first kappa shape index (κ1) is 15.2. The van der Waals surface area contributed by atoms with E-state index in [0.29, 0.717) is 0 Å². The highest BCUT2D eigenvalue weighted by Gasteiger charge is 2.31. The molecule has 0 saturated heterocycles. The molecule has 0 aromatic rings. The fourth-order valence-electron chi connectivity index (χ4n) is 2.16. The van der Waals surface area contributed by atoms with Crippen molar-refractivity contribution in [1.82, 2.24) is 10.6 Å². The predicted octanol–water partition coefficient (Wildman–Crippen LogP) is 2.24. The van der Waals surface area contributed by atoms with Crippen molar-refractivity contribution in [2.24, 2.45) is 0 Å². The minimum atomic E-state index is -0.174. The lowest BCUT2D eigenvalue weighted by atomic mass is 9.82. The molecule has 0 aliphatic rings. The molecular formula is C13H26N2O. The lowest BCUT2D eigenvalue weighted by Crippen LogP contribution is -2.52. The normalized spacial score (nSPS) is 15.3. The highest BCUT2D eigenvalue weighted by Crippen LogP contribution is 2.24. The average molecular weight is 226 g/mol. The average Bonchev–Trinajstić information content (AvgIpc) is 2.16. The molecule has 16 heavy (non-hydrogen) atoms. The molecule has 0 aromatic heterocycles. The zero-order valence-electron chi connectivity index (χ0n) is 11.3. The Morgan fingerprint density at radius 1 is 1.38 bits per heavy atom. The molecule has 1 unspecified atom stereocenters. The first-order chi connectivity index (χ1) is 7.28. The van der Waals surface area contributed by atoms with Crippen molar-refractivity contribution in [3.05, 3.63) is 12.7 Å². The number of nitrogens with one attached hydrogen (secondary N) is 2. The van der Waals surface area contributed by atoms with Crippen LogP contribution in [-0.2, 0) is 4.79 Å². The number of carbonyl (C=O) groups excluding carboxylic acids is 1. The minimum absolute atomic E-state index is 0.0123. The zero-order chi connectivity index (χ0) is 12.8. The van der Waals surface area contributed by atoms with Crippen molar-refractivity contribution in [2.75, 3.05) is 7.05 Å². The third kappa shape index (κ3) is 5.31. The molecule has 0 aliphatic heterocycles. The summed E-state index contributed by atoms with van der Waals surface area (Å²) in [6.07, 6.45) is 4.25. The summed E-state index contributed by atoms with van der Waals surface area (Å²) < 4.78 is 0. The molecule has 2 N–H and O–H groups in total. The van der Waals surface area contributed by atoms with E-state index in [1.165, 1.54) is 6.08 Å². The lowest BCUT2D eigenvalue weighted by molar-refractivity contribution is -0.118. The summed E-state index contributed by atoms with van der Waals surface area (Å²) in [4.78, 5) is 11.4. The van der Waals surface area contributed by atoms with Gasteiger partial charge >= 0.3 is 0 Å². The van der Waals surface area contributed by atoms with Crippen LogP contribution in [0.1, 0.15) is 47.0 Å². The van der Waals surface area contributed by atoms with Crippen LogP contribution in [-0.4, -0.2) is 24.0 Å². The van der Waals surface area contributed by atoms with Crippen molar-refractivity contribution < 1.29 is 4.79 Å². The Hall–Kier alpha value is -0.830. The molecule has 94 valence electrons. The molecule has 3 nitrogen and oxygen atoms in total. The molecule has 1 atom stereocenters. The fraction of sp³-hybridized carbons (Fsp3) is 0.769. The second kappa shape index (κ2) is 6.04. The van der Waals surface area contributed by atoms with Crippen LogP contribution in [0, 0.1) is 0 Å². The molecular weight excluding hydrogens is 200 g/mol. The monoisotopic (exact) mass is 226 g/mol. The van der Waals surface area contributed by atoms with Gasteiger partial charge in [-0.25, -0.2) is 0 Å². The van der Waals surface area contributed by atoms with Gasteiger partial charge in [-0.05, 0) is 46.7 Å². The van der Waals surface area contributed by atoms with E-state index in [1.807, 2.05) is 7.05 Å². The van der Waals surface area contributed by atoms with Gasteiger partial charge in [0.25, 0.3) is 0 Å². The standard InChI is InChI=1S/C13H26N2O/c1-7-9-13(5,15-11(16)8-2)10-12(3,4)14-6/h8,14H,2,7,9-10H2,1,3-6H3,(H,15,16). The summed E-state index contributed by atoms with van der Waals surface area (Å²) in [5.41, 5.74) is -0.162. The van der Waals surface area contributed by atoms with Crippen LogP contribution in [0.4, 0.5) is 0 Å². The molecule has 0 fully saturated rings.